The van der Waals surface area contributed by atoms with Crippen molar-refractivity contribution in [1.29, 1.82) is 5.26 Å². The molecule has 0 aliphatic rings. The average Bonchev–Trinajstić information content (AvgIpc) is 2.67. The molecule has 0 heterocycles. The molecule has 0 spiro atoms. The fourth-order valence-corrected chi connectivity index (χ4v) is 3.17. The maximum Gasteiger partial charge on any atom is 0.339 e. The molecule has 8 nitrogen and oxygen atoms in total. The molecule has 0 bridgehead atoms. The van der Waals surface area contributed by atoms with Crippen LogP contribution in [0.15, 0.2) is 47.4 Å². The first-order valence-corrected chi connectivity index (χ1v) is 9.65. The molecular weight excluding hydrogens is 386 g/mol. The molecule has 0 aliphatic heterocycles. The van der Waals surface area contributed by atoms with Crippen LogP contribution in [-0.4, -0.2) is 33.6 Å². The Hall–Kier alpha value is -3.38. The normalized spacial score (nSPS) is 10.6. The number of hydrogen-bond acceptors (Lipinski definition) is 8. The zero-order chi connectivity index (χ0) is 20.7. The van der Waals surface area contributed by atoms with E-state index in [1.54, 1.807) is 13.8 Å². The van der Waals surface area contributed by atoms with Crippen molar-refractivity contribution in [3.8, 4) is 11.8 Å². The Bertz CT molecular complexity index is 1000. The van der Waals surface area contributed by atoms with Crippen LogP contribution in [0, 0.1) is 11.3 Å². The van der Waals surface area contributed by atoms with Crippen molar-refractivity contribution >= 4 is 22.1 Å². The summed E-state index contributed by atoms with van der Waals surface area (Å²) in [6.07, 6.45) is 0. The van der Waals surface area contributed by atoms with Crippen LogP contribution in [0.3, 0.4) is 0 Å². The summed E-state index contributed by atoms with van der Waals surface area (Å²) in [4.78, 5) is 23.8. The fourth-order valence-electron chi connectivity index (χ4n) is 2.21. The van der Waals surface area contributed by atoms with Gasteiger partial charge in [-0.05, 0) is 50.2 Å². The molecule has 2 aromatic carbocycles. The van der Waals surface area contributed by atoms with Crippen LogP contribution in [-0.2, 0) is 19.6 Å². The van der Waals surface area contributed by atoms with Crippen molar-refractivity contribution in [3.63, 3.8) is 0 Å². The van der Waals surface area contributed by atoms with E-state index in [-0.39, 0.29) is 40.5 Å². The van der Waals surface area contributed by atoms with Gasteiger partial charge in [0, 0.05) is 0 Å². The molecule has 0 radical (unpaired) electrons. The van der Waals surface area contributed by atoms with Gasteiger partial charge < -0.3 is 13.7 Å². The van der Waals surface area contributed by atoms with Gasteiger partial charge in [-0.25, -0.2) is 9.59 Å². The van der Waals surface area contributed by atoms with E-state index in [4.69, 9.17) is 18.9 Å². The third-order valence-corrected chi connectivity index (χ3v) is 4.63. The average molecular weight is 403 g/mol. The summed E-state index contributed by atoms with van der Waals surface area (Å²) in [5.74, 6) is -1.76. The molecule has 0 saturated carbocycles. The van der Waals surface area contributed by atoms with Crippen LogP contribution in [0.1, 0.15) is 40.1 Å². The van der Waals surface area contributed by atoms with E-state index >= 15 is 0 Å². The minimum Gasteiger partial charge on any atom is -0.462 e. The second-order valence-electron chi connectivity index (χ2n) is 5.36. The standard InChI is InChI=1S/C19H17NO7S/c1-3-25-18(21)14-9-15(19(22)26-4-2)11-16(10-14)27-28(23,24)17-7-5-6-13(8-17)12-20/h5-11H,3-4H2,1-2H3. The summed E-state index contributed by atoms with van der Waals surface area (Å²) in [6, 6.07) is 10.6. The highest BCUT2D eigenvalue weighted by Gasteiger charge is 2.21. The van der Waals surface area contributed by atoms with Gasteiger partial charge in [0.2, 0.25) is 0 Å². The summed E-state index contributed by atoms with van der Waals surface area (Å²) in [6.45, 7) is 3.41. The number of carbonyl (C=O) groups is 2. The largest absolute Gasteiger partial charge is 0.462 e. The summed E-state index contributed by atoms with van der Waals surface area (Å²) in [5.41, 5.74) is 0.00363. The summed E-state index contributed by atoms with van der Waals surface area (Å²) >= 11 is 0. The van der Waals surface area contributed by atoms with Crippen molar-refractivity contribution in [1.82, 2.24) is 0 Å². The van der Waals surface area contributed by atoms with E-state index in [0.717, 1.165) is 18.2 Å². The number of benzene rings is 2. The van der Waals surface area contributed by atoms with Crippen molar-refractivity contribution in [3.05, 3.63) is 59.2 Å². The van der Waals surface area contributed by atoms with E-state index in [2.05, 4.69) is 0 Å². The van der Waals surface area contributed by atoms with Gasteiger partial charge in [-0.1, -0.05) is 6.07 Å². The topological polar surface area (TPSA) is 120 Å². The first-order valence-electron chi connectivity index (χ1n) is 8.24. The van der Waals surface area contributed by atoms with E-state index in [1.165, 1.54) is 24.3 Å². The number of rotatable bonds is 7. The van der Waals surface area contributed by atoms with Crippen molar-refractivity contribution in [2.45, 2.75) is 18.7 Å². The lowest BCUT2D eigenvalue weighted by Gasteiger charge is -2.11. The van der Waals surface area contributed by atoms with Gasteiger partial charge in [-0.2, -0.15) is 13.7 Å². The highest BCUT2D eigenvalue weighted by molar-refractivity contribution is 7.87. The lowest BCUT2D eigenvalue weighted by atomic mass is 10.1. The van der Waals surface area contributed by atoms with Crippen molar-refractivity contribution in [2.75, 3.05) is 13.2 Å². The number of esters is 2. The molecule has 9 heteroatoms. The number of carbonyl (C=O) groups excluding carboxylic acids is 2. The van der Waals surface area contributed by atoms with Gasteiger partial charge >= 0.3 is 22.1 Å². The van der Waals surface area contributed by atoms with Gasteiger partial charge in [0.05, 0.1) is 36.0 Å². The maximum absolute atomic E-state index is 12.5. The van der Waals surface area contributed by atoms with E-state index in [9.17, 15) is 18.0 Å². The Labute approximate surface area is 162 Å². The quantitative estimate of drug-likeness (QED) is 0.511. The second kappa shape index (κ2) is 9.01. The molecule has 2 rings (SSSR count). The van der Waals surface area contributed by atoms with Crippen LogP contribution < -0.4 is 4.18 Å². The van der Waals surface area contributed by atoms with Crippen molar-refractivity contribution < 1.29 is 31.7 Å². The third kappa shape index (κ3) is 5.08. The predicted octanol–water partition coefficient (Wildman–Crippen LogP) is 2.68. The van der Waals surface area contributed by atoms with Crippen LogP contribution in [0.5, 0.6) is 5.75 Å². The van der Waals surface area contributed by atoms with Gasteiger partial charge in [-0.15, -0.1) is 0 Å². The molecule has 0 unspecified atom stereocenters. The Balaban J connectivity index is 2.46. The minimum absolute atomic E-state index is 0.0663. The third-order valence-electron chi connectivity index (χ3n) is 3.39. The minimum atomic E-state index is -4.31. The zero-order valence-electron chi connectivity index (χ0n) is 15.2. The van der Waals surface area contributed by atoms with Gasteiger partial charge in [-0.3, -0.25) is 0 Å². The van der Waals surface area contributed by atoms with E-state index < -0.39 is 22.1 Å². The molecule has 0 saturated heterocycles. The Morgan fingerprint density at radius 1 is 0.964 bits per heavy atom. The Morgan fingerprint density at radius 2 is 1.54 bits per heavy atom. The Morgan fingerprint density at radius 3 is 2.04 bits per heavy atom. The fraction of sp³-hybridized carbons (Fsp3) is 0.211. The molecule has 0 N–H and O–H groups in total. The van der Waals surface area contributed by atoms with Crippen LogP contribution in [0.2, 0.25) is 0 Å². The lowest BCUT2D eigenvalue weighted by molar-refractivity contribution is 0.0524. The number of hydrogen-bond donors (Lipinski definition) is 0. The monoisotopic (exact) mass is 403 g/mol. The molecular formula is C19H17NO7S. The number of ether oxygens (including phenoxy) is 2. The summed E-state index contributed by atoms with van der Waals surface area (Å²) < 4.78 is 39.9. The highest BCUT2D eigenvalue weighted by Crippen LogP contribution is 2.24. The van der Waals surface area contributed by atoms with Gasteiger partial charge in [0.25, 0.3) is 0 Å². The molecule has 0 aromatic heterocycles. The molecule has 0 aliphatic carbocycles. The van der Waals surface area contributed by atoms with Crippen LogP contribution in [0.25, 0.3) is 0 Å². The SMILES string of the molecule is CCOC(=O)c1cc(OS(=O)(=O)c2cccc(C#N)c2)cc(C(=O)OCC)c1. The van der Waals surface area contributed by atoms with Crippen molar-refractivity contribution in [2.24, 2.45) is 0 Å². The summed E-state index contributed by atoms with van der Waals surface area (Å²) in [7, 11) is -4.31. The first-order chi connectivity index (χ1) is 13.3. The zero-order valence-corrected chi connectivity index (χ0v) is 16.0. The molecule has 0 fully saturated rings. The van der Waals surface area contributed by atoms with Crippen LogP contribution in [0.4, 0.5) is 0 Å². The highest BCUT2D eigenvalue weighted by atomic mass is 32.2. The molecule has 2 aromatic rings. The molecule has 0 atom stereocenters. The van der Waals surface area contributed by atoms with Gasteiger partial charge in [0.1, 0.15) is 10.6 Å². The summed E-state index contributed by atoms with van der Waals surface area (Å²) in [5, 5.41) is 8.93. The maximum atomic E-state index is 12.5. The van der Waals surface area contributed by atoms with Gasteiger partial charge in [0.15, 0.2) is 0 Å². The molecule has 28 heavy (non-hydrogen) atoms. The smallest absolute Gasteiger partial charge is 0.339 e. The Kier molecular flexibility index (Phi) is 6.74. The lowest BCUT2D eigenvalue weighted by Crippen LogP contribution is -2.13. The molecule has 0 amide bonds. The van der Waals surface area contributed by atoms with E-state index in [0.29, 0.717) is 0 Å². The molecule has 146 valence electrons. The van der Waals surface area contributed by atoms with Crippen LogP contribution >= 0.6 is 0 Å². The van der Waals surface area contributed by atoms with E-state index in [1.807, 2.05) is 6.07 Å². The second-order valence-corrected chi connectivity index (χ2v) is 6.91. The number of nitrogens with zero attached hydrogens (tertiary/aromatic N) is 1. The first kappa shape index (κ1) is 20.9. The number of nitriles is 1. The predicted molar refractivity (Wildman–Crippen MR) is 97.3 cm³/mol.